The number of rotatable bonds is 6. The van der Waals surface area contributed by atoms with Crippen molar-refractivity contribution >= 4 is 35.5 Å². The Morgan fingerprint density at radius 1 is 1.21 bits per heavy atom. The maximum Gasteiger partial charge on any atom is 0.416 e. The van der Waals surface area contributed by atoms with Gasteiger partial charge in [-0.3, -0.25) is 9.80 Å². The zero-order chi connectivity index (χ0) is 22.2. The molecular formula is C18H22ClF3N4O2S. The molecule has 0 heterocycles. The molecule has 0 spiro atoms. The highest BCUT2D eigenvalue weighted by Gasteiger charge is 2.34. The van der Waals surface area contributed by atoms with Crippen molar-refractivity contribution in [1.82, 2.24) is 5.01 Å². The quantitative estimate of drug-likeness (QED) is 0.228. The van der Waals surface area contributed by atoms with Gasteiger partial charge in [0.1, 0.15) is 5.75 Å². The zero-order valence-corrected chi connectivity index (χ0v) is 17.6. The Hall–Kier alpha value is -2.14. The first kappa shape index (κ1) is 24.9. The molecule has 0 aromatic heterocycles. The van der Waals surface area contributed by atoms with Crippen molar-refractivity contribution in [1.29, 1.82) is 0 Å². The molecule has 2 aromatic carbocycles. The fourth-order valence-electron chi connectivity index (χ4n) is 2.24. The van der Waals surface area contributed by atoms with Crippen molar-refractivity contribution in [2.45, 2.75) is 16.8 Å². The first-order chi connectivity index (χ1) is 13.5. The fraction of sp³-hybridized carbons (Fsp3) is 0.278. The van der Waals surface area contributed by atoms with Crippen LogP contribution in [0, 0.1) is 0 Å². The van der Waals surface area contributed by atoms with E-state index in [0.29, 0.717) is 27.8 Å². The lowest BCUT2D eigenvalue weighted by atomic mass is 10.1. The lowest BCUT2D eigenvalue weighted by Crippen LogP contribution is -2.27. The summed E-state index contributed by atoms with van der Waals surface area (Å²) in [6.07, 6.45) is -3.93. The monoisotopic (exact) mass is 450 g/mol. The van der Waals surface area contributed by atoms with Gasteiger partial charge in [0.2, 0.25) is 6.41 Å². The number of alkyl halides is 3. The van der Waals surface area contributed by atoms with Crippen molar-refractivity contribution in [3.63, 3.8) is 0 Å². The van der Waals surface area contributed by atoms with Crippen molar-refractivity contribution in [2.75, 3.05) is 26.2 Å². The summed E-state index contributed by atoms with van der Waals surface area (Å²) in [4.78, 5) is 9.97. The van der Waals surface area contributed by atoms with E-state index in [1.807, 2.05) is 0 Å². The second kappa shape index (κ2) is 11.1. The van der Waals surface area contributed by atoms with Crippen LogP contribution >= 0.6 is 23.4 Å². The van der Waals surface area contributed by atoms with Crippen LogP contribution in [0.3, 0.4) is 0 Å². The van der Waals surface area contributed by atoms with Crippen molar-refractivity contribution in [3.8, 4) is 5.75 Å². The van der Waals surface area contributed by atoms with Crippen molar-refractivity contribution in [3.05, 3.63) is 52.5 Å². The largest absolute Gasteiger partial charge is 0.496 e. The molecule has 6 nitrogen and oxygen atoms in total. The predicted octanol–water partition coefficient (Wildman–Crippen LogP) is 3.92. The van der Waals surface area contributed by atoms with Crippen LogP contribution < -0.4 is 21.4 Å². The number of carbonyl (C=O) groups excluding carboxylic acids is 1. The van der Waals surface area contributed by atoms with E-state index in [1.54, 1.807) is 24.3 Å². The molecule has 0 bridgehead atoms. The van der Waals surface area contributed by atoms with Gasteiger partial charge in [0.15, 0.2) is 0 Å². The number of anilines is 1. The molecular weight excluding hydrogens is 429 g/mol. The Balaban J connectivity index is 0.000000749. The van der Waals surface area contributed by atoms with Gasteiger partial charge in [-0.15, -0.1) is 11.8 Å². The standard InChI is InChI=1S/C16H16ClF3N2OS.C2H6N2O/c1-22(21)13-5-3-4-12(16(18,19)20)11(13)9-24-15-8-10(17)6-7-14(15)23-2;1-4(3)2-5/h3-8H,9,21H2,1-2H3;2H,3H2,1H3. The van der Waals surface area contributed by atoms with Gasteiger partial charge in [-0.2, -0.15) is 13.2 Å². The number of nitrogens with two attached hydrogens (primary N) is 2. The van der Waals surface area contributed by atoms with E-state index < -0.39 is 11.7 Å². The molecule has 29 heavy (non-hydrogen) atoms. The third-order valence-electron chi connectivity index (χ3n) is 3.50. The highest BCUT2D eigenvalue weighted by atomic mass is 35.5. The number of benzene rings is 2. The van der Waals surface area contributed by atoms with Crippen LogP contribution in [0.4, 0.5) is 18.9 Å². The summed E-state index contributed by atoms with van der Waals surface area (Å²) in [5.74, 6) is 11.1. The second-order valence-electron chi connectivity index (χ2n) is 5.77. The highest BCUT2D eigenvalue weighted by molar-refractivity contribution is 7.98. The minimum absolute atomic E-state index is 0.0727. The normalized spacial score (nSPS) is 10.7. The third-order valence-corrected chi connectivity index (χ3v) is 4.80. The molecule has 0 saturated heterocycles. The first-order valence-electron chi connectivity index (χ1n) is 8.08. The number of methoxy groups -OCH3 is 1. The minimum atomic E-state index is -4.46. The topological polar surface area (TPSA) is 84.8 Å². The molecule has 0 radical (unpaired) electrons. The highest BCUT2D eigenvalue weighted by Crippen LogP contribution is 2.40. The van der Waals surface area contributed by atoms with E-state index in [2.05, 4.69) is 0 Å². The Bertz CT molecular complexity index is 820. The molecule has 0 saturated carbocycles. The van der Waals surface area contributed by atoms with Gasteiger partial charge >= 0.3 is 6.18 Å². The number of thioether (sulfide) groups is 1. The summed E-state index contributed by atoms with van der Waals surface area (Å²) < 4.78 is 45.2. The van der Waals surface area contributed by atoms with Crippen molar-refractivity contribution < 1.29 is 22.7 Å². The number of nitrogens with zero attached hydrogens (tertiary/aromatic N) is 2. The molecule has 0 aliphatic rings. The van der Waals surface area contributed by atoms with E-state index in [1.165, 1.54) is 44.0 Å². The summed E-state index contributed by atoms with van der Waals surface area (Å²) in [6.45, 7) is 0. The molecule has 11 heteroatoms. The number of hydrogen-bond acceptors (Lipinski definition) is 6. The SMILES string of the molecule is CN(N)C=O.COc1ccc(Cl)cc1SCc1c(N(C)N)cccc1C(F)(F)F. The number of hydrogen-bond donors (Lipinski definition) is 2. The Labute approximate surface area is 176 Å². The van der Waals surface area contributed by atoms with Crippen LogP contribution in [0.1, 0.15) is 11.1 Å². The Morgan fingerprint density at radius 2 is 1.83 bits per heavy atom. The number of halogens is 4. The summed E-state index contributed by atoms with van der Waals surface area (Å²) in [7, 11) is 4.46. The molecule has 0 aliphatic heterocycles. The summed E-state index contributed by atoms with van der Waals surface area (Å²) in [6, 6.07) is 8.95. The van der Waals surface area contributed by atoms with Crippen LogP contribution in [0.2, 0.25) is 5.02 Å². The molecule has 0 atom stereocenters. The molecule has 2 rings (SSSR count). The Morgan fingerprint density at radius 3 is 2.31 bits per heavy atom. The third kappa shape index (κ3) is 7.65. The van der Waals surface area contributed by atoms with E-state index in [0.717, 1.165) is 11.1 Å². The van der Waals surface area contributed by atoms with Gasteiger partial charge in [-0.05, 0) is 35.9 Å². The average Bonchev–Trinajstić information content (AvgIpc) is 2.65. The van der Waals surface area contributed by atoms with Gasteiger partial charge in [0.25, 0.3) is 0 Å². The van der Waals surface area contributed by atoms with Crippen LogP contribution in [0.5, 0.6) is 5.75 Å². The average molecular weight is 451 g/mol. The lowest BCUT2D eigenvalue weighted by molar-refractivity contribution is -0.138. The van der Waals surface area contributed by atoms with Gasteiger partial charge in [-0.1, -0.05) is 17.7 Å². The van der Waals surface area contributed by atoms with Crippen LogP contribution in [0.15, 0.2) is 41.3 Å². The van der Waals surface area contributed by atoms with Crippen LogP contribution in [-0.2, 0) is 16.7 Å². The van der Waals surface area contributed by atoms with Gasteiger partial charge in [0.05, 0.1) is 23.3 Å². The van der Waals surface area contributed by atoms with E-state index in [-0.39, 0.29) is 11.3 Å². The smallest absolute Gasteiger partial charge is 0.416 e. The summed E-state index contributed by atoms with van der Waals surface area (Å²) >= 11 is 7.17. The molecule has 0 unspecified atom stereocenters. The maximum absolute atomic E-state index is 13.3. The number of hydrazine groups is 2. The molecule has 160 valence electrons. The van der Waals surface area contributed by atoms with Crippen LogP contribution in [0.25, 0.3) is 0 Å². The van der Waals surface area contributed by atoms with E-state index >= 15 is 0 Å². The number of ether oxygens (including phenoxy) is 1. The van der Waals surface area contributed by atoms with Crippen molar-refractivity contribution in [2.24, 2.45) is 11.7 Å². The molecule has 2 aromatic rings. The Kier molecular flexibility index (Phi) is 9.57. The number of amides is 1. The van der Waals surface area contributed by atoms with Gasteiger partial charge in [0, 0.05) is 24.9 Å². The summed E-state index contributed by atoms with van der Waals surface area (Å²) in [5, 5.41) is 2.61. The number of carbonyl (C=O) groups is 1. The second-order valence-corrected chi connectivity index (χ2v) is 7.22. The van der Waals surface area contributed by atoms with E-state index in [9.17, 15) is 18.0 Å². The predicted molar refractivity (Wildman–Crippen MR) is 110 cm³/mol. The minimum Gasteiger partial charge on any atom is -0.496 e. The fourth-order valence-corrected chi connectivity index (χ4v) is 3.58. The van der Waals surface area contributed by atoms with Gasteiger partial charge < -0.3 is 9.75 Å². The molecule has 4 N–H and O–H groups in total. The molecule has 1 amide bonds. The summed E-state index contributed by atoms with van der Waals surface area (Å²) in [5.41, 5.74) is -0.272. The van der Waals surface area contributed by atoms with E-state index in [4.69, 9.17) is 28.0 Å². The molecule has 0 fully saturated rings. The van der Waals surface area contributed by atoms with Crippen LogP contribution in [-0.4, -0.2) is 32.6 Å². The van der Waals surface area contributed by atoms with Gasteiger partial charge in [-0.25, -0.2) is 11.7 Å². The lowest BCUT2D eigenvalue weighted by Gasteiger charge is -2.21. The molecule has 0 aliphatic carbocycles. The maximum atomic E-state index is 13.3. The zero-order valence-electron chi connectivity index (χ0n) is 16.0. The first-order valence-corrected chi connectivity index (χ1v) is 9.44.